The first-order valence-corrected chi connectivity index (χ1v) is 12.3. The van der Waals surface area contributed by atoms with E-state index in [1.807, 2.05) is 26.8 Å². The summed E-state index contributed by atoms with van der Waals surface area (Å²) in [5.74, 6) is -1.15. The van der Waals surface area contributed by atoms with Gasteiger partial charge in [0.05, 0.1) is 28.9 Å². The number of amides is 1. The maximum atomic E-state index is 13.4. The third kappa shape index (κ3) is 3.83. The number of thiazole rings is 1. The standard InChI is InChI=1S/C27H22ClN3O4S/c1-13-9-20(35-4)15(3)8-17(13)24(32)22-23(16-6-5-7-29-12-16)31(26(34)25(22)33)27-30-19-11-18(28)14(2)10-21(19)36-27/h5-12,23,32H,1-4H3/b24-22+. The summed E-state index contributed by atoms with van der Waals surface area (Å²) in [4.78, 5) is 37.0. The topological polar surface area (TPSA) is 92.6 Å². The maximum absolute atomic E-state index is 13.4. The Morgan fingerprint density at radius 1 is 1.11 bits per heavy atom. The number of carbonyl (C=O) groups excluding carboxylic acids is 2. The lowest BCUT2D eigenvalue weighted by Crippen LogP contribution is -2.29. The molecule has 1 atom stereocenters. The van der Waals surface area contributed by atoms with Gasteiger partial charge in [0.25, 0.3) is 5.78 Å². The van der Waals surface area contributed by atoms with Gasteiger partial charge in [0.15, 0.2) is 5.13 Å². The summed E-state index contributed by atoms with van der Waals surface area (Å²) in [6.07, 6.45) is 3.19. The Morgan fingerprint density at radius 3 is 2.58 bits per heavy atom. The number of hydrogen-bond donors (Lipinski definition) is 1. The van der Waals surface area contributed by atoms with Gasteiger partial charge in [0.2, 0.25) is 0 Å². The van der Waals surface area contributed by atoms with Crippen LogP contribution in [0.15, 0.2) is 54.4 Å². The van der Waals surface area contributed by atoms with Crippen LogP contribution in [0.25, 0.3) is 16.0 Å². The number of carbonyl (C=O) groups is 2. The summed E-state index contributed by atoms with van der Waals surface area (Å²) >= 11 is 7.57. The summed E-state index contributed by atoms with van der Waals surface area (Å²) < 4.78 is 6.22. The molecule has 0 saturated carbocycles. The molecule has 182 valence electrons. The molecule has 7 nitrogen and oxygen atoms in total. The van der Waals surface area contributed by atoms with Crippen molar-refractivity contribution in [1.29, 1.82) is 0 Å². The molecule has 0 spiro atoms. The Hall–Kier alpha value is -3.75. The molecule has 1 aliphatic heterocycles. The van der Waals surface area contributed by atoms with E-state index in [0.29, 0.717) is 38.1 Å². The van der Waals surface area contributed by atoms with Crippen molar-refractivity contribution in [2.45, 2.75) is 26.8 Å². The molecule has 0 bridgehead atoms. The normalized spacial score (nSPS) is 17.2. The van der Waals surface area contributed by atoms with Gasteiger partial charge in [-0.1, -0.05) is 29.0 Å². The first kappa shape index (κ1) is 24.0. The van der Waals surface area contributed by atoms with Crippen LogP contribution in [-0.2, 0) is 9.59 Å². The van der Waals surface area contributed by atoms with Gasteiger partial charge >= 0.3 is 5.91 Å². The number of rotatable bonds is 4. The molecule has 1 N–H and O–H groups in total. The van der Waals surface area contributed by atoms with Gasteiger partial charge in [-0.3, -0.25) is 19.5 Å². The number of halogens is 1. The van der Waals surface area contributed by atoms with E-state index in [-0.39, 0.29) is 11.3 Å². The van der Waals surface area contributed by atoms with Gasteiger partial charge in [0, 0.05) is 23.0 Å². The second-order valence-corrected chi connectivity index (χ2v) is 10.1. The summed E-state index contributed by atoms with van der Waals surface area (Å²) in [5, 5.41) is 12.4. The zero-order valence-corrected chi connectivity index (χ0v) is 21.6. The number of ether oxygens (including phenoxy) is 1. The predicted molar refractivity (Wildman–Crippen MR) is 141 cm³/mol. The van der Waals surface area contributed by atoms with Crippen molar-refractivity contribution in [3.63, 3.8) is 0 Å². The zero-order valence-electron chi connectivity index (χ0n) is 20.0. The molecule has 1 aliphatic rings. The van der Waals surface area contributed by atoms with Crippen molar-refractivity contribution in [3.8, 4) is 5.75 Å². The van der Waals surface area contributed by atoms with E-state index in [9.17, 15) is 14.7 Å². The molecule has 2 aromatic heterocycles. The lowest BCUT2D eigenvalue weighted by atomic mass is 9.94. The number of benzene rings is 2. The number of nitrogens with zero attached hydrogens (tertiary/aromatic N) is 3. The minimum atomic E-state index is -0.905. The fraction of sp³-hybridized carbons (Fsp3) is 0.185. The van der Waals surface area contributed by atoms with Gasteiger partial charge in [-0.25, -0.2) is 4.98 Å². The highest BCUT2D eigenvalue weighted by molar-refractivity contribution is 7.22. The minimum Gasteiger partial charge on any atom is -0.507 e. The van der Waals surface area contributed by atoms with Crippen molar-refractivity contribution >= 4 is 55.7 Å². The third-order valence-corrected chi connectivity index (χ3v) is 7.73. The SMILES string of the molecule is COc1cc(C)c(/C(O)=C2\C(=O)C(=O)N(c3nc4cc(Cl)c(C)cc4s3)C2c2cccnc2)cc1C. The van der Waals surface area contributed by atoms with Gasteiger partial charge in [-0.15, -0.1) is 0 Å². The molecule has 9 heteroatoms. The molecule has 2 aromatic carbocycles. The lowest BCUT2D eigenvalue weighted by Gasteiger charge is -2.23. The van der Waals surface area contributed by atoms with Crippen LogP contribution in [0.1, 0.15) is 33.9 Å². The molecule has 1 saturated heterocycles. The van der Waals surface area contributed by atoms with Gasteiger partial charge in [0.1, 0.15) is 11.5 Å². The molecule has 0 radical (unpaired) electrons. The first-order chi connectivity index (χ1) is 17.2. The van der Waals surface area contributed by atoms with Crippen molar-refractivity contribution in [2.75, 3.05) is 12.0 Å². The van der Waals surface area contributed by atoms with E-state index in [2.05, 4.69) is 9.97 Å². The number of fused-ring (bicyclic) bond motifs is 1. The van der Waals surface area contributed by atoms with Crippen LogP contribution in [0, 0.1) is 20.8 Å². The molecule has 5 rings (SSSR count). The minimum absolute atomic E-state index is 0.0193. The molecule has 0 aliphatic carbocycles. The van der Waals surface area contributed by atoms with E-state index in [0.717, 1.165) is 15.8 Å². The van der Waals surface area contributed by atoms with E-state index in [1.165, 1.54) is 16.2 Å². The molecule has 1 unspecified atom stereocenters. The highest BCUT2D eigenvalue weighted by atomic mass is 35.5. The zero-order chi connectivity index (χ0) is 25.7. The summed E-state index contributed by atoms with van der Waals surface area (Å²) in [6, 6.07) is 9.77. The van der Waals surface area contributed by atoms with E-state index in [4.69, 9.17) is 16.3 Å². The highest BCUT2D eigenvalue weighted by Crippen LogP contribution is 2.45. The third-order valence-electron chi connectivity index (χ3n) is 6.31. The molecule has 3 heterocycles. The smallest absolute Gasteiger partial charge is 0.301 e. The fourth-order valence-electron chi connectivity index (χ4n) is 4.43. The Balaban J connectivity index is 1.74. The largest absolute Gasteiger partial charge is 0.507 e. The number of methoxy groups -OCH3 is 1. The Kier molecular flexibility index (Phi) is 6.02. The second-order valence-electron chi connectivity index (χ2n) is 8.66. The quantitative estimate of drug-likeness (QED) is 0.205. The Labute approximate surface area is 216 Å². The van der Waals surface area contributed by atoms with Crippen LogP contribution in [0.3, 0.4) is 0 Å². The van der Waals surface area contributed by atoms with Crippen LogP contribution in [0.4, 0.5) is 5.13 Å². The van der Waals surface area contributed by atoms with E-state index in [1.54, 1.807) is 49.8 Å². The Morgan fingerprint density at radius 2 is 1.89 bits per heavy atom. The number of aromatic nitrogens is 2. The van der Waals surface area contributed by atoms with Crippen LogP contribution in [0.5, 0.6) is 5.75 Å². The molecule has 36 heavy (non-hydrogen) atoms. The van der Waals surface area contributed by atoms with Crippen molar-refractivity contribution in [3.05, 3.63) is 87.2 Å². The first-order valence-electron chi connectivity index (χ1n) is 11.1. The van der Waals surface area contributed by atoms with Crippen molar-refractivity contribution in [2.24, 2.45) is 0 Å². The predicted octanol–water partition coefficient (Wildman–Crippen LogP) is 5.90. The van der Waals surface area contributed by atoms with Crippen LogP contribution in [0.2, 0.25) is 5.02 Å². The molecular weight excluding hydrogens is 498 g/mol. The highest BCUT2D eigenvalue weighted by Gasteiger charge is 2.48. The van der Waals surface area contributed by atoms with E-state index < -0.39 is 17.7 Å². The van der Waals surface area contributed by atoms with Crippen LogP contribution in [-0.4, -0.2) is 33.9 Å². The summed E-state index contributed by atoms with van der Waals surface area (Å²) in [6.45, 7) is 5.55. The monoisotopic (exact) mass is 519 g/mol. The van der Waals surface area contributed by atoms with Gasteiger partial charge < -0.3 is 9.84 Å². The number of hydrogen-bond acceptors (Lipinski definition) is 7. The van der Waals surface area contributed by atoms with Crippen molar-refractivity contribution in [1.82, 2.24) is 9.97 Å². The molecule has 1 amide bonds. The average molecular weight is 520 g/mol. The number of anilines is 1. The number of Topliss-reactive ketones (excluding diaryl/α,β-unsaturated/α-hetero) is 1. The second kappa shape index (κ2) is 9.04. The van der Waals surface area contributed by atoms with E-state index >= 15 is 0 Å². The number of pyridine rings is 1. The summed E-state index contributed by atoms with van der Waals surface area (Å²) in [7, 11) is 1.57. The Bertz CT molecular complexity index is 1540. The van der Waals surface area contributed by atoms with Gasteiger partial charge in [-0.2, -0.15) is 0 Å². The average Bonchev–Trinajstić information content (AvgIpc) is 3.38. The number of ketones is 1. The molecule has 1 fully saturated rings. The fourth-order valence-corrected chi connectivity index (χ4v) is 5.66. The van der Waals surface area contributed by atoms with Crippen LogP contribution >= 0.6 is 22.9 Å². The molecular formula is C27H22ClN3O4S. The number of aliphatic hydroxyl groups is 1. The number of aryl methyl sites for hydroxylation is 3. The summed E-state index contributed by atoms with van der Waals surface area (Å²) in [5.41, 5.74) is 4.01. The van der Waals surface area contributed by atoms with Crippen molar-refractivity contribution < 1.29 is 19.4 Å². The van der Waals surface area contributed by atoms with Crippen LogP contribution < -0.4 is 9.64 Å². The molecule has 4 aromatic rings. The van der Waals surface area contributed by atoms with Gasteiger partial charge in [-0.05, 0) is 73.4 Å². The lowest BCUT2D eigenvalue weighted by molar-refractivity contribution is -0.132. The maximum Gasteiger partial charge on any atom is 0.301 e. The number of aliphatic hydroxyl groups excluding tert-OH is 1.